The maximum absolute atomic E-state index is 12.8. The highest BCUT2D eigenvalue weighted by atomic mass is 32.2. The SMILES string of the molecule is CS(=O)(=O)Nc1cnc(-c2ccc(C(O)(C(F)(F)F)C(F)(F)F)cc2)[nH]1. The number of hydrogen-bond acceptors (Lipinski definition) is 4. The maximum Gasteiger partial charge on any atom is 0.430 e. The molecule has 0 spiro atoms. The normalized spacial score (nSPS) is 13.7. The number of rotatable bonds is 4. The van der Waals surface area contributed by atoms with E-state index in [9.17, 15) is 39.9 Å². The number of aliphatic hydroxyl groups is 1. The minimum atomic E-state index is -5.98. The van der Waals surface area contributed by atoms with Crippen LogP contribution in [0.3, 0.4) is 0 Å². The molecule has 1 aromatic carbocycles. The van der Waals surface area contributed by atoms with Gasteiger partial charge in [0, 0.05) is 11.1 Å². The van der Waals surface area contributed by atoms with Crippen LogP contribution in [-0.4, -0.2) is 42.1 Å². The number of imidazole rings is 1. The van der Waals surface area contributed by atoms with Gasteiger partial charge in [0.1, 0.15) is 11.6 Å². The quantitative estimate of drug-likeness (QED) is 0.685. The molecule has 2 aromatic rings. The number of anilines is 1. The second kappa shape index (κ2) is 6.16. The molecule has 1 heterocycles. The monoisotopic (exact) mass is 403 g/mol. The van der Waals surface area contributed by atoms with Crippen LogP contribution in [0.1, 0.15) is 5.56 Å². The van der Waals surface area contributed by atoms with Crippen LogP contribution in [0.15, 0.2) is 30.5 Å². The molecule has 2 rings (SSSR count). The fraction of sp³-hybridized carbons (Fsp3) is 0.308. The van der Waals surface area contributed by atoms with E-state index in [1.165, 1.54) is 0 Å². The molecule has 144 valence electrons. The predicted octanol–water partition coefficient (Wildman–Crippen LogP) is 2.76. The number of nitrogens with one attached hydrogen (secondary N) is 2. The molecule has 0 aliphatic rings. The standard InChI is InChI=1S/C13H11F6N3O3S/c1-26(24,25)22-9-6-20-10(21-9)7-2-4-8(5-3-7)11(23,12(14,15)16)13(17,18)19/h2-6,22-23H,1H3,(H,20,21). The van der Waals surface area contributed by atoms with Crippen LogP contribution < -0.4 is 4.72 Å². The number of halogens is 6. The average Bonchev–Trinajstić information content (AvgIpc) is 2.90. The molecule has 0 saturated heterocycles. The van der Waals surface area contributed by atoms with E-state index in [1.807, 2.05) is 0 Å². The van der Waals surface area contributed by atoms with Crippen LogP contribution in [0.4, 0.5) is 32.2 Å². The largest absolute Gasteiger partial charge is 0.430 e. The lowest BCUT2D eigenvalue weighted by atomic mass is 9.91. The third kappa shape index (κ3) is 3.77. The zero-order valence-corrected chi connectivity index (χ0v) is 13.6. The first-order valence-corrected chi connectivity index (χ1v) is 8.54. The van der Waals surface area contributed by atoms with E-state index in [0.717, 1.165) is 24.6 Å². The van der Waals surface area contributed by atoms with E-state index in [-0.39, 0.29) is 17.2 Å². The molecule has 0 saturated carbocycles. The summed E-state index contributed by atoms with van der Waals surface area (Å²) in [4.78, 5) is 6.27. The summed E-state index contributed by atoms with van der Waals surface area (Å²) >= 11 is 0. The van der Waals surface area contributed by atoms with Crippen molar-refractivity contribution >= 4 is 15.8 Å². The van der Waals surface area contributed by atoms with Crippen LogP contribution in [0.5, 0.6) is 0 Å². The van der Waals surface area contributed by atoms with E-state index in [1.54, 1.807) is 0 Å². The van der Waals surface area contributed by atoms with Gasteiger partial charge in [-0.3, -0.25) is 4.72 Å². The summed E-state index contributed by atoms with van der Waals surface area (Å²) < 4.78 is 101. The topological polar surface area (TPSA) is 95.1 Å². The molecule has 13 heteroatoms. The van der Waals surface area contributed by atoms with Crippen LogP contribution in [0.25, 0.3) is 11.4 Å². The molecule has 0 aliphatic carbocycles. The number of alkyl halides is 6. The third-order valence-corrected chi connectivity index (χ3v) is 3.86. The molecular weight excluding hydrogens is 392 g/mol. The molecule has 1 aromatic heterocycles. The minimum Gasteiger partial charge on any atom is -0.369 e. The van der Waals surface area contributed by atoms with E-state index < -0.39 is 33.5 Å². The van der Waals surface area contributed by atoms with Gasteiger partial charge in [0.2, 0.25) is 10.0 Å². The zero-order chi connectivity index (χ0) is 20.0. The Morgan fingerprint density at radius 2 is 1.54 bits per heavy atom. The first-order valence-electron chi connectivity index (χ1n) is 6.65. The molecule has 26 heavy (non-hydrogen) atoms. The number of hydrogen-bond donors (Lipinski definition) is 3. The predicted molar refractivity (Wildman–Crippen MR) is 78.5 cm³/mol. The van der Waals surface area contributed by atoms with E-state index in [0.29, 0.717) is 12.1 Å². The number of H-pyrrole nitrogens is 1. The van der Waals surface area contributed by atoms with Crippen molar-refractivity contribution in [1.29, 1.82) is 0 Å². The first-order chi connectivity index (χ1) is 11.6. The van der Waals surface area contributed by atoms with Crippen molar-refractivity contribution in [1.82, 2.24) is 9.97 Å². The molecule has 0 aliphatic heterocycles. The second-order valence-corrected chi connectivity index (χ2v) is 7.05. The van der Waals surface area contributed by atoms with Crippen LogP contribution in [0, 0.1) is 0 Å². The fourth-order valence-electron chi connectivity index (χ4n) is 2.08. The van der Waals surface area contributed by atoms with Crippen molar-refractivity contribution < 1.29 is 39.9 Å². The summed E-state index contributed by atoms with van der Waals surface area (Å²) in [7, 11) is -3.61. The second-order valence-electron chi connectivity index (χ2n) is 5.30. The smallest absolute Gasteiger partial charge is 0.369 e. The lowest BCUT2D eigenvalue weighted by Crippen LogP contribution is -2.53. The summed E-state index contributed by atoms with van der Waals surface area (Å²) in [5.74, 6) is -0.0566. The summed E-state index contributed by atoms with van der Waals surface area (Å²) in [6, 6.07) is 2.67. The number of aromatic nitrogens is 2. The fourth-order valence-corrected chi connectivity index (χ4v) is 2.58. The highest BCUT2D eigenvalue weighted by Gasteiger charge is 2.71. The van der Waals surface area contributed by atoms with Gasteiger partial charge in [0.05, 0.1) is 12.5 Å². The molecule has 0 fully saturated rings. The van der Waals surface area contributed by atoms with Gasteiger partial charge < -0.3 is 10.1 Å². The average molecular weight is 403 g/mol. The van der Waals surface area contributed by atoms with Crippen LogP contribution in [-0.2, 0) is 15.6 Å². The Hall–Kier alpha value is -2.28. The Bertz CT molecular complexity index is 873. The lowest BCUT2D eigenvalue weighted by molar-refractivity contribution is -0.376. The summed E-state index contributed by atoms with van der Waals surface area (Å²) in [6.07, 6.45) is -10.0. The highest BCUT2D eigenvalue weighted by molar-refractivity contribution is 7.92. The van der Waals surface area contributed by atoms with Crippen molar-refractivity contribution in [2.45, 2.75) is 18.0 Å². The van der Waals surface area contributed by atoms with E-state index in [2.05, 4.69) is 14.7 Å². The van der Waals surface area contributed by atoms with Crippen molar-refractivity contribution in [2.75, 3.05) is 11.0 Å². The number of aromatic amines is 1. The number of nitrogens with zero attached hydrogens (tertiary/aromatic N) is 1. The first kappa shape index (κ1) is 20.0. The Kier molecular flexibility index (Phi) is 4.75. The van der Waals surface area contributed by atoms with Gasteiger partial charge in [-0.2, -0.15) is 26.3 Å². The van der Waals surface area contributed by atoms with Gasteiger partial charge in [0.15, 0.2) is 0 Å². The van der Waals surface area contributed by atoms with Gasteiger partial charge >= 0.3 is 12.4 Å². The Labute approximate surface area is 142 Å². The Morgan fingerprint density at radius 3 is 1.96 bits per heavy atom. The van der Waals surface area contributed by atoms with Crippen LogP contribution >= 0.6 is 0 Å². The van der Waals surface area contributed by atoms with Gasteiger partial charge in [-0.1, -0.05) is 24.3 Å². The summed E-state index contributed by atoms with van der Waals surface area (Å²) in [5.41, 5.74) is -6.37. The Balaban J connectivity index is 2.39. The lowest BCUT2D eigenvalue weighted by Gasteiger charge is -2.32. The molecule has 0 bridgehead atoms. The van der Waals surface area contributed by atoms with Crippen LogP contribution in [0.2, 0.25) is 0 Å². The molecular formula is C13H11F6N3O3S. The molecule has 0 unspecified atom stereocenters. The van der Waals surface area contributed by atoms with Gasteiger partial charge in [-0.25, -0.2) is 13.4 Å². The van der Waals surface area contributed by atoms with Crippen molar-refractivity contribution in [3.8, 4) is 11.4 Å². The van der Waals surface area contributed by atoms with Crippen molar-refractivity contribution in [3.63, 3.8) is 0 Å². The van der Waals surface area contributed by atoms with E-state index in [4.69, 9.17) is 0 Å². The highest BCUT2D eigenvalue weighted by Crippen LogP contribution is 2.50. The van der Waals surface area contributed by atoms with Crippen molar-refractivity contribution in [2.24, 2.45) is 0 Å². The molecule has 0 amide bonds. The van der Waals surface area contributed by atoms with E-state index >= 15 is 0 Å². The number of benzene rings is 1. The zero-order valence-electron chi connectivity index (χ0n) is 12.8. The Morgan fingerprint density at radius 1 is 1.04 bits per heavy atom. The van der Waals surface area contributed by atoms with Gasteiger partial charge in [0.25, 0.3) is 5.60 Å². The molecule has 6 nitrogen and oxygen atoms in total. The number of sulfonamides is 1. The molecule has 3 N–H and O–H groups in total. The summed E-state index contributed by atoms with van der Waals surface area (Å²) in [6.45, 7) is 0. The summed E-state index contributed by atoms with van der Waals surface area (Å²) in [5, 5.41) is 9.30. The van der Waals surface area contributed by atoms with Gasteiger partial charge in [-0.15, -0.1) is 0 Å². The van der Waals surface area contributed by atoms with Gasteiger partial charge in [-0.05, 0) is 0 Å². The molecule has 0 radical (unpaired) electrons. The third-order valence-electron chi connectivity index (χ3n) is 3.27. The van der Waals surface area contributed by atoms with Crippen molar-refractivity contribution in [3.05, 3.63) is 36.0 Å². The minimum absolute atomic E-state index is 0.00902. The molecule has 0 atom stereocenters. The maximum atomic E-state index is 12.8.